The third-order valence-electron chi connectivity index (χ3n) is 3.43. The molecule has 0 aliphatic carbocycles. The molecule has 1 aliphatic heterocycles. The molecule has 1 fully saturated rings. The summed E-state index contributed by atoms with van der Waals surface area (Å²) in [4.78, 5) is 2.49. The van der Waals surface area contributed by atoms with Gasteiger partial charge in [0.2, 0.25) is 0 Å². The van der Waals surface area contributed by atoms with Crippen LogP contribution in [0.1, 0.15) is 20.3 Å². The summed E-state index contributed by atoms with van der Waals surface area (Å²) in [5.74, 6) is 0. The molecule has 0 radical (unpaired) electrons. The summed E-state index contributed by atoms with van der Waals surface area (Å²) in [6.07, 6.45) is 1.17. The molecule has 1 unspecified atom stereocenters. The maximum Gasteiger partial charge on any atom is 0.0377 e. The summed E-state index contributed by atoms with van der Waals surface area (Å²) in [7, 11) is 0. The molecule has 0 aromatic heterocycles. The SMILES string of the molecule is CCC1(C)CN(c2cccc(I)c2)CCN1. The minimum atomic E-state index is 0.263. The Hall–Kier alpha value is -0.290. The molecule has 1 aliphatic rings. The van der Waals surface area contributed by atoms with E-state index in [-0.39, 0.29) is 5.54 Å². The molecular formula is C13H19IN2. The van der Waals surface area contributed by atoms with Crippen molar-refractivity contribution in [3.05, 3.63) is 27.8 Å². The highest BCUT2D eigenvalue weighted by molar-refractivity contribution is 14.1. The minimum absolute atomic E-state index is 0.263. The molecule has 0 saturated carbocycles. The number of benzene rings is 1. The fourth-order valence-corrected chi connectivity index (χ4v) is 2.71. The Kier molecular flexibility index (Phi) is 3.74. The van der Waals surface area contributed by atoms with Gasteiger partial charge < -0.3 is 10.2 Å². The molecule has 1 atom stereocenters. The number of nitrogens with zero attached hydrogens (tertiary/aromatic N) is 1. The molecule has 1 heterocycles. The molecule has 2 rings (SSSR count). The zero-order valence-corrected chi connectivity index (χ0v) is 12.1. The fourth-order valence-electron chi connectivity index (χ4n) is 2.18. The number of rotatable bonds is 2. The Bertz CT molecular complexity index is 367. The van der Waals surface area contributed by atoms with Gasteiger partial charge in [-0.1, -0.05) is 13.0 Å². The van der Waals surface area contributed by atoms with Crippen molar-refractivity contribution < 1.29 is 0 Å². The molecule has 3 heteroatoms. The Labute approximate surface area is 112 Å². The van der Waals surface area contributed by atoms with Crippen LogP contribution in [0, 0.1) is 3.57 Å². The van der Waals surface area contributed by atoms with Crippen LogP contribution in [0.15, 0.2) is 24.3 Å². The van der Waals surface area contributed by atoms with Crippen molar-refractivity contribution in [1.29, 1.82) is 0 Å². The van der Waals surface area contributed by atoms with E-state index in [2.05, 4.69) is 70.9 Å². The maximum atomic E-state index is 3.62. The zero-order chi connectivity index (χ0) is 11.6. The lowest BCUT2D eigenvalue weighted by Gasteiger charge is -2.42. The molecule has 1 N–H and O–H groups in total. The van der Waals surface area contributed by atoms with Gasteiger partial charge in [-0.25, -0.2) is 0 Å². The van der Waals surface area contributed by atoms with E-state index in [1.54, 1.807) is 0 Å². The lowest BCUT2D eigenvalue weighted by atomic mass is 9.95. The van der Waals surface area contributed by atoms with Crippen molar-refractivity contribution >= 4 is 28.3 Å². The first-order valence-electron chi connectivity index (χ1n) is 5.88. The van der Waals surface area contributed by atoms with Gasteiger partial charge >= 0.3 is 0 Å². The van der Waals surface area contributed by atoms with Gasteiger partial charge in [0, 0.05) is 34.4 Å². The molecule has 88 valence electrons. The van der Waals surface area contributed by atoms with Gasteiger partial charge in [0.25, 0.3) is 0 Å². The Morgan fingerprint density at radius 1 is 1.50 bits per heavy atom. The van der Waals surface area contributed by atoms with E-state index in [1.807, 2.05) is 0 Å². The predicted octanol–water partition coefficient (Wildman–Crippen LogP) is 2.87. The van der Waals surface area contributed by atoms with Crippen LogP contribution in [-0.4, -0.2) is 25.2 Å². The summed E-state index contributed by atoms with van der Waals surface area (Å²) in [6, 6.07) is 8.76. The molecule has 1 saturated heterocycles. The third kappa shape index (κ3) is 2.69. The molecule has 0 spiro atoms. The van der Waals surface area contributed by atoms with E-state index in [0.717, 1.165) is 19.6 Å². The average molecular weight is 330 g/mol. The van der Waals surface area contributed by atoms with Gasteiger partial charge in [-0.05, 0) is 54.1 Å². The average Bonchev–Trinajstić information content (AvgIpc) is 2.29. The normalized spacial score (nSPS) is 25.8. The summed E-state index contributed by atoms with van der Waals surface area (Å²) < 4.78 is 1.31. The van der Waals surface area contributed by atoms with E-state index in [1.165, 1.54) is 15.7 Å². The lowest BCUT2D eigenvalue weighted by Crippen LogP contribution is -2.58. The van der Waals surface area contributed by atoms with Crippen LogP contribution in [0.4, 0.5) is 5.69 Å². The first-order chi connectivity index (χ1) is 7.63. The molecule has 1 aromatic rings. The second kappa shape index (κ2) is 4.92. The van der Waals surface area contributed by atoms with Crippen molar-refractivity contribution in [3.63, 3.8) is 0 Å². The van der Waals surface area contributed by atoms with Crippen LogP contribution in [0.25, 0.3) is 0 Å². The van der Waals surface area contributed by atoms with Crippen molar-refractivity contribution in [1.82, 2.24) is 5.32 Å². The lowest BCUT2D eigenvalue weighted by molar-refractivity contribution is 0.314. The number of hydrogen-bond donors (Lipinski definition) is 1. The number of anilines is 1. The van der Waals surface area contributed by atoms with E-state index in [0.29, 0.717) is 0 Å². The molecule has 16 heavy (non-hydrogen) atoms. The number of piperazine rings is 1. The highest BCUT2D eigenvalue weighted by atomic mass is 127. The standard InChI is InChI=1S/C13H19IN2/c1-3-13(2)10-16(8-7-15-13)12-6-4-5-11(14)9-12/h4-6,9,15H,3,7-8,10H2,1-2H3. The van der Waals surface area contributed by atoms with Gasteiger partial charge in [-0.15, -0.1) is 0 Å². The van der Waals surface area contributed by atoms with Gasteiger partial charge in [-0.2, -0.15) is 0 Å². The first kappa shape index (κ1) is 12.2. The number of nitrogens with one attached hydrogen (secondary N) is 1. The van der Waals surface area contributed by atoms with Crippen molar-refractivity contribution in [2.75, 3.05) is 24.5 Å². The van der Waals surface area contributed by atoms with Crippen molar-refractivity contribution in [2.45, 2.75) is 25.8 Å². The Morgan fingerprint density at radius 2 is 2.31 bits per heavy atom. The molecule has 0 amide bonds. The molecular weight excluding hydrogens is 311 g/mol. The highest BCUT2D eigenvalue weighted by Gasteiger charge is 2.28. The summed E-state index contributed by atoms with van der Waals surface area (Å²) in [5, 5.41) is 3.62. The molecule has 2 nitrogen and oxygen atoms in total. The Balaban J connectivity index is 2.16. The second-order valence-electron chi connectivity index (χ2n) is 4.74. The largest absolute Gasteiger partial charge is 0.368 e. The molecule has 0 bridgehead atoms. The van der Waals surface area contributed by atoms with E-state index >= 15 is 0 Å². The van der Waals surface area contributed by atoms with Gasteiger partial charge in [0.05, 0.1) is 0 Å². The maximum absolute atomic E-state index is 3.62. The first-order valence-corrected chi connectivity index (χ1v) is 6.96. The van der Waals surface area contributed by atoms with Crippen LogP contribution in [-0.2, 0) is 0 Å². The summed E-state index contributed by atoms with van der Waals surface area (Å²) in [5.41, 5.74) is 1.62. The van der Waals surface area contributed by atoms with E-state index < -0.39 is 0 Å². The van der Waals surface area contributed by atoms with Crippen LogP contribution in [0.5, 0.6) is 0 Å². The van der Waals surface area contributed by atoms with Crippen LogP contribution < -0.4 is 10.2 Å². The monoisotopic (exact) mass is 330 g/mol. The zero-order valence-electron chi connectivity index (χ0n) is 9.96. The summed E-state index contributed by atoms with van der Waals surface area (Å²) in [6.45, 7) is 7.85. The quantitative estimate of drug-likeness (QED) is 0.839. The van der Waals surface area contributed by atoms with Crippen LogP contribution >= 0.6 is 22.6 Å². The van der Waals surface area contributed by atoms with E-state index in [4.69, 9.17) is 0 Å². The van der Waals surface area contributed by atoms with Gasteiger partial charge in [0.1, 0.15) is 0 Å². The van der Waals surface area contributed by atoms with Crippen molar-refractivity contribution in [3.8, 4) is 0 Å². The highest BCUT2D eigenvalue weighted by Crippen LogP contribution is 2.23. The van der Waals surface area contributed by atoms with Crippen LogP contribution in [0.2, 0.25) is 0 Å². The van der Waals surface area contributed by atoms with Gasteiger partial charge in [-0.3, -0.25) is 0 Å². The number of hydrogen-bond acceptors (Lipinski definition) is 2. The molecule has 1 aromatic carbocycles. The van der Waals surface area contributed by atoms with E-state index in [9.17, 15) is 0 Å². The van der Waals surface area contributed by atoms with Gasteiger partial charge in [0.15, 0.2) is 0 Å². The van der Waals surface area contributed by atoms with Crippen LogP contribution in [0.3, 0.4) is 0 Å². The summed E-state index contributed by atoms with van der Waals surface area (Å²) >= 11 is 2.38. The predicted molar refractivity (Wildman–Crippen MR) is 78.1 cm³/mol. The smallest absolute Gasteiger partial charge is 0.0377 e. The minimum Gasteiger partial charge on any atom is -0.368 e. The Morgan fingerprint density at radius 3 is 3.00 bits per heavy atom. The third-order valence-corrected chi connectivity index (χ3v) is 4.10. The topological polar surface area (TPSA) is 15.3 Å². The second-order valence-corrected chi connectivity index (χ2v) is 5.99. The van der Waals surface area contributed by atoms with Crippen molar-refractivity contribution in [2.24, 2.45) is 0 Å². The number of halogens is 1. The fraction of sp³-hybridized carbons (Fsp3) is 0.538.